The molecule has 5 atom stereocenters. The number of hydrogen-bond donors (Lipinski definition) is 1. The molecule has 0 spiro atoms. The normalized spacial score (nSPS) is 35.6. The largest absolute Gasteiger partial charge is 0.314 e. The monoisotopic (exact) mass is 221 g/mol. The second kappa shape index (κ2) is 5.35. The number of rotatable bonds is 6. The van der Waals surface area contributed by atoms with Crippen LogP contribution in [0.2, 0.25) is 0 Å². The third-order valence-corrected chi connectivity index (χ3v) is 4.60. The zero-order chi connectivity index (χ0) is 11.5. The van der Waals surface area contributed by atoms with Crippen LogP contribution in [-0.4, -0.2) is 12.6 Å². The van der Waals surface area contributed by atoms with Crippen LogP contribution >= 0.6 is 0 Å². The molecule has 92 valence electrons. The highest BCUT2D eigenvalue weighted by Gasteiger charge is 2.35. The number of fused-ring (bicyclic) bond motifs is 2. The van der Waals surface area contributed by atoms with E-state index in [1.54, 1.807) is 0 Å². The summed E-state index contributed by atoms with van der Waals surface area (Å²) in [5.41, 5.74) is 0. The molecule has 2 aliphatic rings. The van der Waals surface area contributed by atoms with Gasteiger partial charge in [0.05, 0.1) is 0 Å². The third-order valence-electron chi connectivity index (χ3n) is 4.60. The lowest BCUT2D eigenvalue weighted by atomic mass is 9.93. The molecule has 0 saturated heterocycles. The molecular formula is C15H27N. The maximum Gasteiger partial charge on any atom is 0.00413 e. The van der Waals surface area contributed by atoms with Gasteiger partial charge < -0.3 is 5.32 Å². The second-order valence-corrected chi connectivity index (χ2v) is 6.10. The molecule has 16 heavy (non-hydrogen) atoms. The fraction of sp³-hybridized carbons (Fsp3) is 0.867. The Morgan fingerprint density at radius 2 is 2.06 bits per heavy atom. The molecule has 0 heterocycles. The highest BCUT2D eigenvalue weighted by molar-refractivity contribution is 5.10. The van der Waals surface area contributed by atoms with E-state index in [4.69, 9.17) is 0 Å². The van der Waals surface area contributed by atoms with Crippen molar-refractivity contribution in [1.29, 1.82) is 0 Å². The Bertz CT molecular complexity index is 246. The molecule has 0 amide bonds. The zero-order valence-corrected chi connectivity index (χ0v) is 11.1. The van der Waals surface area contributed by atoms with Crippen molar-refractivity contribution in [3.05, 3.63) is 12.2 Å². The molecule has 0 aliphatic heterocycles. The summed E-state index contributed by atoms with van der Waals surface area (Å²) in [4.78, 5) is 0. The van der Waals surface area contributed by atoms with Gasteiger partial charge in [-0.1, -0.05) is 32.4 Å². The van der Waals surface area contributed by atoms with Crippen molar-refractivity contribution in [3.63, 3.8) is 0 Å². The van der Waals surface area contributed by atoms with Crippen molar-refractivity contribution in [2.75, 3.05) is 6.54 Å². The van der Waals surface area contributed by atoms with Gasteiger partial charge in [-0.05, 0) is 56.4 Å². The van der Waals surface area contributed by atoms with Crippen LogP contribution in [0.15, 0.2) is 12.2 Å². The predicted molar refractivity (Wildman–Crippen MR) is 70.4 cm³/mol. The van der Waals surface area contributed by atoms with E-state index in [0.29, 0.717) is 6.04 Å². The summed E-state index contributed by atoms with van der Waals surface area (Å²) >= 11 is 0. The highest BCUT2D eigenvalue weighted by Crippen LogP contribution is 2.42. The third kappa shape index (κ3) is 2.88. The molecule has 5 unspecified atom stereocenters. The van der Waals surface area contributed by atoms with E-state index in [1.165, 1.54) is 32.2 Å². The number of allylic oxidation sites excluding steroid dienone is 2. The van der Waals surface area contributed by atoms with Gasteiger partial charge >= 0.3 is 0 Å². The molecule has 0 aromatic carbocycles. The highest BCUT2D eigenvalue weighted by atomic mass is 14.9. The van der Waals surface area contributed by atoms with E-state index >= 15 is 0 Å². The van der Waals surface area contributed by atoms with Gasteiger partial charge in [-0.25, -0.2) is 0 Å². The van der Waals surface area contributed by atoms with E-state index in [2.05, 4.69) is 38.2 Å². The minimum atomic E-state index is 0.693. The van der Waals surface area contributed by atoms with Crippen LogP contribution < -0.4 is 5.32 Å². The molecule has 1 nitrogen and oxygen atoms in total. The van der Waals surface area contributed by atoms with Crippen molar-refractivity contribution in [1.82, 2.24) is 5.32 Å². The molecule has 1 N–H and O–H groups in total. The lowest BCUT2D eigenvalue weighted by Crippen LogP contribution is -2.33. The van der Waals surface area contributed by atoms with Gasteiger partial charge in [0, 0.05) is 6.04 Å². The summed E-state index contributed by atoms with van der Waals surface area (Å²) in [6, 6.07) is 0.693. The van der Waals surface area contributed by atoms with Gasteiger partial charge in [-0.2, -0.15) is 0 Å². The van der Waals surface area contributed by atoms with E-state index in [1.807, 2.05) is 0 Å². The van der Waals surface area contributed by atoms with Gasteiger partial charge in [-0.3, -0.25) is 0 Å². The molecule has 1 fully saturated rings. The SMILES string of the molecule is CCC(C)CC(C)NCC1CC2C=CC1C2. The average molecular weight is 221 g/mol. The van der Waals surface area contributed by atoms with Crippen molar-refractivity contribution < 1.29 is 0 Å². The smallest absolute Gasteiger partial charge is 0.00413 e. The molecule has 1 heteroatoms. The van der Waals surface area contributed by atoms with Crippen molar-refractivity contribution in [2.24, 2.45) is 23.7 Å². The molecule has 0 aromatic rings. The first-order valence-electron chi connectivity index (χ1n) is 7.10. The van der Waals surface area contributed by atoms with Gasteiger partial charge in [-0.15, -0.1) is 0 Å². The Labute approximate surface area is 101 Å². The minimum Gasteiger partial charge on any atom is -0.314 e. The fourth-order valence-electron chi connectivity index (χ4n) is 3.34. The average Bonchev–Trinajstić information content (AvgIpc) is 2.87. The first-order valence-corrected chi connectivity index (χ1v) is 7.10. The van der Waals surface area contributed by atoms with Crippen molar-refractivity contribution in [2.45, 2.75) is 52.5 Å². The molecular weight excluding hydrogens is 194 g/mol. The number of hydrogen-bond acceptors (Lipinski definition) is 1. The topological polar surface area (TPSA) is 12.0 Å². The molecule has 0 radical (unpaired) electrons. The quantitative estimate of drug-likeness (QED) is 0.676. The van der Waals surface area contributed by atoms with Crippen LogP contribution in [-0.2, 0) is 0 Å². The van der Waals surface area contributed by atoms with E-state index in [9.17, 15) is 0 Å². The van der Waals surface area contributed by atoms with Crippen LogP contribution in [0.25, 0.3) is 0 Å². The molecule has 2 rings (SSSR count). The standard InChI is InChI=1S/C15H27N/c1-4-11(2)7-12(3)16-10-15-9-13-5-6-14(15)8-13/h5-6,11-16H,4,7-10H2,1-3H3. The van der Waals surface area contributed by atoms with E-state index < -0.39 is 0 Å². The van der Waals surface area contributed by atoms with E-state index in [0.717, 1.165) is 23.7 Å². The Kier molecular flexibility index (Phi) is 4.07. The van der Waals surface area contributed by atoms with Gasteiger partial charge in [0.2, 0.25) is 0 Å². The Balaban J connectivity index is 1.66. The van der Waals surface area contributed by atoms with Gasteiger partial charge in [0.25, 0.3) is 0 Å². The molecule has 0 aromatic heterocycles. The lowest BCUT2D eigenvalue weighted by molar-refractivity contribution is 0.355. The first kappa shape index (κ1) is 12.2. The van der Waals surface area contributed by atoms with Crippen molar-refractivity contribution in [3.8, 4) is 0 Å². The van der Waals surface area contributed by atoms with Crippen molar-refractivity contribution >= 4 is 0 Å². The minimum absolute atomic E-state index is 0.693. The summed E-state index contributed by atoms with van der Waals surface area (Å²) in [5.74, 6) is 3.60. The van der Waals surface area contributed by atoms with Crippen LogP contribution in [0.5, 0.6) is 0 Å². The lowest BCUT2D eigenvalue weighted by Gasteiger charge is -2.23. The zero-order valence-electron chi connectivity index (χ0n) is 11.1. The fourth-order valence-corrected chi connectivity index (χ4v) is 3.34. The summed E-state index contributed by atoms with van der Waals surface area (Å²) in [7, 11) is 0. The summed E-state index contributed by atoms with van der Waals surface area (Å²) in [6.07, 6.45) is 10.4. The van der Waals surface area contributed by atoms with Crippen LogP contribution in [0, 0.1) is 23.7 Å². The van der Waals surface area contributed by atoms with Gasteiger partial charge in [0.1, 0.15) is 0 Å². The molecule has 1 saturated carbocycles. The maximum absolute atomic E-state index is 3.74. The number of nitrogens with one attached hydrogen (secondary N) is 1. The van der Waals surface area contributed by atoms with Crippen LogP contribution in [0.1, 0.15) is 46.5 Å². The molecule has 2 aliphatic carbocycles. The van der Waals surface area contributed by atoms with Crippen LogP contribution in [0.4, 0.5) is 0 Å². The summed E-state index contributed by atoms with van der Waals surface area (Å²) < 4.78 is 0. The first-order chi connectivity index (χ1) is 7.69. The van der Waals surface area contributed by atoms with Crippen LogP contribution in [0.3, 0.4) is 0 Å². The second-order valence-electron chi connectivity index (χ2n) is 6.10. The molecule has 2 bridgehead atoms. The summed E-state index contributed by atoms with van der Waals surface area (Å²) in [5, 5.41) is 3.74. The Morgan fingerprint density at radius 1 is 1.25 bits per heavy atom. The summed E-state index contributed by atoms with van der Waals surface area (Å²) in [6.45, 7) is 8.23. The maximum atomic E-state index is 3.74. The predicted octanol–water partition coefficient (Wildman–Crippen LogP) is 3.61. The Hall–Kier alpha value is -0.300. The van der Waals surface area contributed by atoms with E-state index in [-0.39, 0.29) is 0 Å². The Morgan fingerprint density at radius 3 is 2.62 bits per heavy atom. The van der Waals surface area contributed by atoms with Gasteiger partial charge in [0.15, 0.2) is 0 Å².